The Morgan fingerprint density at radius 3 is 2.72 bits per heavy atom. The van der Waals surface area contributed by atoms with Crippen LogP contribution in [0, 0.1) is 0 Å². The second kappa shape index (κ2) is 8.17. The van der Waals surface area contributed by atoms with E-state index in [0.29, 0.717) is 11.4 Å². The average Bonchev–Trinajstić information content (AvgIpc) is 3.23. The molecular formula is C17H17N3O3S2. The SMILES string of the molecule is O=C(CCCCc1nc2ccccc2s1)NCc1nc(C(=O)O)cs1. The first-order valence-electron chi connectivity index (χ1n) is 7.90. The van der Waals surface area contributed by atoms with Crippen LogP contribution in [0.3, 0.4) is 0 Å². The first kappa shape index (κ1) is 17.5. The summed E-state index contributed by atoms with van der Waals surface area (Å²) < 4.78 is 1.19. The minimum absolute atomic E-state index is 0.0186. The number of aromatic carboxylic acids is 1. The van der Waals surface area contributed by atoms with Crippen molar-refractivity contribution in [1.29, 1.82) is 0 Å². The summed E-state index contributed by atoms with van der Waals surface area (Å²) in [7, 11) is 0. The topological polar surface area (TPSA) is 92.2 Å². The van der Waals surface area contributed by atoms with E-state index in [1.807, 2.05) is 18.2 Å². The van der Waals surface area contributed by atoms with Crippen molar-refractivity contribution in [1.82, 2.24) is 15.3 Å². The molecule has 1 aromatic carbocycles. The monoisotopic (exact) mass is 375 g/mol. The van der Waals surface area contributed by atoms with E-state index in [-0.39, 0.29) is 18.1 Å². The van der Waals surface area contributed by atoms with E-state index in [9.17, 15) is 9.59 Å². The van der Waals surface area contributed by atoms with Crippen LogP contribution >= 0.6 is 22.7 Å². The van der Waals surface area contributed by atoms with Crippen LogP contribution in [0.25, 0.3) is 10.2 Å². The third-order valence-corrected chi connectivity index (χ3v) is 5.54. The van der Waals surface area contributed by atoms with Crippen LogP contribution in [0.15, 0.2) is 29.6 Å². The van der Waals surface area contributed by atoms with Gasteiger partial charge in [-0.1, -0.05) is 12.1 Å². The molecule has 0 bridgehead atoms. The molecule has 25 heavy (non-hydrogen) atoms. The van der Waals surface area contributed by atoms with E-state index < -0.39 is 5.97 Å². The number of aromatic nitrogens is 2. The van der Waals surface area contributed by atoms with Crippen molar-refractivity contribution < 1.29 is 14.7 Å². The molecule has 6 nitrogen and oxygen atoms in total. The van der Waals surface area contributed by atoms with Gasteiger partial charge in [-0.15, -0.1) is 22.7 Å². The summed E-state index contributed by atoms with van der Waals surface area (Å²) in [6.07, 6.45) is 3.02. The van der Waals surface area contributed by atoms with E-state index >= 15 is 0 Å². The zero-order valence-corrected chi connectivity index (χ0v) is 15.0. The zero-order valence-electron chi connectivity index (χ0n) is 13.4. The highest BCUT2D eigenvalue weighted by atomic mass is 32.1. The summed E-state index contributed by atoms with van der Waals surface area (Å²) in [6.45, 7) is 0.272. The third kappa shape index (κ3) is 4.83. The van der Waals surface area contributed by atoms with Gasteiger partial charge in [0.1, 0.15) is 5.01 Å². The van der Waals surface area contributed by atoms with Crippen LogP contribution in [0.1, 0.15) is 39.8 Å². The molecular weight excluding hydrogens is 358 g/mol. The van der Waals surface area contributed by atoms with Crippen LogP contribution in [0.4, 0.5) is 0 Å². The van der Waals surface area contributed by atoms with Crippen LogP contribution < -0.4 is 5.32 Å². The molecule has 0 aliphatic carbocycles. The largest absolute Gasteiger partial charge is 0.476 e. The van der Waals surface area contributed by atoms with Crippen LogP contribution in [0.2, 0.25) is 0 Å². The number of aryl methyl sites for hydroxylation is 1. The number of hydrogen-bond donors (Lipinski definition) is 2. The number of carbonyl (C=O) groups excluding carboxylic acids is 1. The van der Waals surface area contributed by atoms with Gasteiger partial charge in [0.2, 0.25) is 5.91 Å². The van der Waals surface area contributed by atoms with Gasteiger partial charge < -0.3 is 10.4 Å². The number of rotatable bonds is 8. The highest BCUT2D eigenvalue weighted by Crippen LogP contribution is 2.22. The minimum Gasteiger partial charge on any atom is -0.476 e. The van der Waals surface area contributed by atoms with Crippen molar-refractivity contribution >= 4 is 44.8 Å². The summed E-state index contributed by atoms with van der Waals surface area (Å²) in [5.74, 6) is -1.10. The van der Waals surface area contributed by atoms with E-state index in [4.69, 9.17) is 5.11 Å². The Morgan fingerprint density at radius 1 is 1.12 bits per heavy atom. The van der Waals surface area contributed by atoms with Crippen molar-refractivity contribution in [2.75, 3.05) is 0 Å². The van der Waals surface area contributed by atoms with Crippen molar-refractivity contribution in [3.8, 4) is 0 Å². The molecule has 0 atom stereocenters. The fourth-order valence-corrected chi connectivity index (χ4v) is 4.06. The van der Waals surface area contributed by atoms with Gasteiger partial charge in [0, 0.05) is 11.8 Å². The first-order chi connectivity index (χ1) is 12.1. The van der Waals surface area contributed by atoms with Crippen molar-refractivity contribution in [2.45, 2.75) is 32.2 Å². The van der Waals surface area contributed by atoms with E-state index in [0.717, 1.165) is 29.8 Å². The Balaban J connectivity index is 1.36. The highest BCUT2D eigenvalue weighted by molar-refractivity contribution is 7.18. The highest BCUT2D eigenvalue weighted by Gasteiger charge is 2.09. The molecule has 0 unspecified atom stereocenters. The van der Waals surface area contributed by atoms with Crippen molar-refractivity contribution in [3.05, 3.63) is 45.4 Å². The lowest BCUT2D eigenvalue weighted by molar-refractivity contribution is -0.121. The van der Waals surface area contributed by atoms with Gasteiger partial charge in [0.15, 0.2) is 5.69 Å². The molecule has 2 aromatic heterocycles. The Bertz CT molecular complexity index is 855. The summed E-state index contributed by atoms with van der Waals surface area (Å²) in [5.41, 5.74) is 1.05. The maximum Gasteiger partial charge on any atom is 0.355 e. The third-order valence-electron chi connectivity index (χ3n) is 3.59. The Labute approximate surface area is 152 Å². The maximum atomic E-state index is 11.8. The molecule has 3 rings (SSSR count). The Kier molecular flexibility index (Phi) is 5.72. The van der Waals surface area contributed by atoms with Gasteiger partial charge in [-0.2, -0.15) is 0 Å². The molecule has 0 aliphatic heterocycles. The summed E-state index contributed by atoms with van der Waals surface area (Å²) in [6, 6.07) is 8.07. The van der Waals surface area contributed by atoms with Gasteiger partial charge in [0.05, 0.1) is 21.8 Å². The number of thiazole rings is 2. The number of carboxylic acid groups (broad SMARTS) is 1. The number of fused-ring (bicyclic) bond motifs is 1. The van der Waals surface area contributed by atoms with Gasteiger partial charge in [-0.05, 0) is 31.4 Å². The van der Waals surface area contributed by atoms with Gasteiger partial charge in [-0.25, -0.2) is 14.8 Å². The number of para-hydroxylation sites is 1. The average molecular weight is 375 g/mol. The number of nitrogens with one attached hydrogen (secondary N) is 1. The number of benzene rings is 1. The van der Waals surface area contributed by atoms with Crippen molar-refractivity contribution in [3.63, 3.8) is 0 Å². The molecule has 0 spiro atoms. The van der Waals surface area contributed by atoms with Crippen LogP contribution in [-0.4, -0.2) is 27.0 Å². The molecule has 1 amide bonds. The van der Waals surface area contributed by atoms with E-state index in [2.05, 4.69) is 21.4 Å². The Morgan fingerprint density at radius 2 is 1.96 bits per heavy atom. The molecule has 0 saturated carbocycles. The standard InChI is InChI=1S/C17H17N3O3S2/c21-14(18-9-16-20-12(10-24-16)17(22)23)7-3-4-8-15-19-11-5-1-2-6-13(11)25-15/h1-2,5-6,10H,3-4,7-9H2,(H,18,21)(H,22,23). The van der Waals surface area contributed by atoms with E-state index in [1.165, 1.54) is 21.4 Å². The second-order valence-electron chi connectivity index (χ2n) is 5.49. The second-order valence-corrected chi connectivity index (χ2v) is 7.55. The van der Waals surface area contributed by atoms with Crippen molar-refractivity contribution in [2.24, 2.45) is 0 Å². The van der Waals surface area contributed by atoms with Gasteiger partial charge in [-0.3, -0.25) is 4.79 Å². The smallest absolute Gasteiger partial charge is 0.355 e. The quantitative estimate of drug-likeness (QED) is 0.588. The predicted molar refractivity (Wildman–Crippen MR) is 98.1 cm³/mol. The minimum atomic E-state index is -1.05. The molecule has 3 aromatic rings. The summed E-state index contributed by atoms with van der Waals surface area (Å²) in [5, 5.41) is 14.8. The summed E-state index contributed by atoms with van der Waals surface area (Å²) >= 11 is 2.94. The molecule has 0 saturated heterocycles. The number of carboxylic acids is 1. The lowest BCUT2D eigenvalue weighted by Crippen LogP contribution is -2.22. The van der Waals surface area contributed by atoms with Crippen LogP contribution in [-0.2, 0) is 17.8 Å². The molecule has 130 valence electrons. The molecule has 2 heterocycles. The van der Waals surface area contributed by atoms with E-state index in [1.54, 1.807) is 11.3 Å². The predicted octanol–water partition coefficient (Wildman–Crippen LogP) is 3.48. The lowest BCUT2D eigenvalue weighted by Gasteiger charge is -2.02. The number of hydrogen-bond acceptors (Lipinski definition) is 6. The maximum absolute atomic E-state index is 11.8. The number of carbonyl (C=O) groups is 2. The molecule has 2 N–H and O–H groups in total. The molecule has 0 fully saturated rings. The van der Waals surface area contributed by atoms with Gasteiger partial charge in [0.25, 0.3) is 0 Å². The fourth-order valence-electron chi connectivity index (χ4n) is 2.34. The van der Waals surface area contributed by atoms with Crippen LogP contribution in [0.5, 0.6) is 0 Å². The summed E-state index contributed by atoms with van der Waals surface area (Å²) in [4.78, 5) is 31.1. The number of unbranched alkanes of at least 4 members (excludes halogenated alkanes) is 1. The molecule has 0 radical (unpaired) electrons. The number of nitrogens with zero attached hydrogens (tertiary/aromatic N) is 2. The Hall–Kier alpha value is -2.32. The fraction of sp³-hybridized carbons (Fsp3) is 0.294. The number of amides is 1. The lowest BCUT2D eigenvalue weighted by atomic mass is 10.2. The normalized spacial score (nSPS) is 10.9. The first-order valence-corrected chi connectivity index (χ1v) is 9.60. The molecule has 8 heteroatoms. The molecule has 0 aliphatic rings. The van der Waals surface area contributed by atoms with Gasteiger partial charge >= 0.3 is 5.97 Å². The zero-order chi connectivity index (χ0) is 17.6.